The van der Waals surface area contributed by atoms with E-state index in [2.05, 4.69) is 144 Å². The maximum atomic E-state index is 11.4. The molecule has 2 N–H and O–H groups in total. The van der Waals surface area contributed by atoms with Gasteiger partial charge in [-0.1, -0.05) is 83.9 Å². The number of rotatable bonds is 3. The quantitative estimate of drug-likeness (QED) is 0.179. The van der Waals surface area contributed by atoms with Gasteiger partial charge in [-0.3, -0.25) is 0 Å². The van der Waals surface area contributed by atoms with E-state index < -0.39 is 0 Å². The highest BCUT2D eigenvalue weighted by Gasteiger charge is 2.21. The third-order valence-electron chi connectivity index (χ3n) is 7.15. The van der Waals surface area contributed by atoms with Gasteiger partial charge < -0.3 is 10.2 Å². The van der Waals surface area contributed by atoms with Crippen molar-refractivity contribution in [1.29, 1.82) is 0 Å². The molecule has 186 valence electrons. The van der Waals surface area contributed by atoms with Gasteiger partial charge in [-0.05, 0) is 127 Å². The van der Waals surface area contributed by atoms with E-state index in [1.807, 2.05) is 12.1 Å². The molecule has 0 radical (unpaired) electrons. The Labute approximate surface area is 249 Å². The van der Waals surface area contributed by atoms with Crippen LogP contribution in [0.25, 0.3) is 54.9 Å². The first-order valence-electron chi connectivity index (χ1n) is 12.3. The van der Waals surface area contributed by atoms with Crippen LogP contribution in [0.1, 0.15) is 11.1 Å². The Hall–Kier alpha value is -3.10. The lowest BCUT2D eigenvalue weighted by Gasteiger charge is -2.17. The molecule has 6 aromatic carbocycles. The lowest BCUT2D eigenvalue weighted by molar-refractivity contribution is 0.466. The fourth-order valence-electron chi connectivity index (χ4n) is 5.08. The summed E-state index contributed by atoms with van der Waals surface area (Å²) < 4.78 is 1.49. The summed E-state index contributed by atoms with van der Waals surface area (Å²) >= 11 is 4.36. The van der Waals surface area contributed by atoms with Gasteiger partial charge in [-0.15, -0.1) is 0 Å². The zero-order valence-corrected chi connectivity index (χ0v) is 25.2. The molecule has 2 nitrogen and oxygen atoms in total. The van der Waals surface area contributed by atoms with E-state index >= 15 is 0 Å². The van der Waals surface area contributed by atoms with Gasteiger partial charge in [0.2, 0.25) is 0 Å². The first-order chi connectivity index (χ1) is 18.3. The second-order valence-corrected chi connectivity index (χ2v) is 12.1. The standard InChI is InChI=1S/C34H24I2O2/c1-19-3-7-21(8-4-19)23-11-13-27-25(15-23)17-29(35)33(37)31(27)32-28-14-12-24(22-9-5-20(2)6-10-22)16-26(28)18-30(36)34(32)38/h3-18,37-38H,1-2H3. The number of hydrogen-bond donors (Lipinski definition) is 2. The molecule has 0 saturated heterocycles. The van der Waals surface area contributed by atoms with Gasteiger partial charge in [-0.2, -0.15) is 0 Å². The van der Waals surface area contributed by atoms with Crippen molar-refractivity contribution >= 4 is 66.7 Å². The summed E-state index contributed by atoms with van der Waals surface area (Å²) in [6.07, 6.45) is 0. The number of phenolic OH excluding ortho intramolecular Hbond substituents is 2. The van der Waals surface area contributed by atoms with Crippen LogP contribution in [0.3, 0.4) is 0 Å². The highest BCUT2D eigenvalue weighted by atomic mass is 127. The fourth-order valence-corrected chi connectivity index (χ4v) is 6.29. The molecule has 0 atom stereocenters. The molecule has 4 heteroatoms. The first-order valence-corrected chi connectivity index (χ1v) is 14.5. The molecule has 38 heavy (non-hydrogen) atoms. The highest BCUT2D eigenvalue weighted by Crippen LogP contribution is 2.48. The van der Waals surface area contributed by atoms with Crippen LogP contribution >= 0.6 is 45.2 Å². The number of aryl methyl sites for hydroxylation is 2. The average molecular weight is 718 g/mol. The molecular formula is C34H24I2O2. The number of aromatic hydroxyl groups is 2. The van der Waals surface area contributed by atoms with E-state index in [0.29, 0.717) is 11.1 Å². The molecule has 0 spiro atoms. The third kappa shape index (κ3) is 4.43. The molecule has 0 aliphatic rings. The Morgan fingerprint density at radius 3 is 1.16 bits per heavy atom. The van der Waals surface area contributed by atoms with Crippen molar-refractivity contribution in [2.45, 2.75) is 13.8 Å². The van der Waals surface area contributed by atoms with Crippen molar-refractivity contribution in [3.8, 4) is 44.9 Å². The maximum absolute atomic E-state index is 11.4. The Morgan fingerprint density at radius 1 is 0.447 bits per heavy atom. The Morgan fingerprint density at radius 2 is 0.789 bits per heavy atom. The molecule has 6 rings (SSSR count). The Kier molecular flexibility index (Phi) is 6.56. The van der Waals surface area contributed by atoms with Gasteiger partial charge in [0.15, 0.2) is 0 Å². The van der Waals surface area contributed by atoms with Gasteiger partial charge in [0.1, 0.15) is 11.5 Å². The van der Waals surface area contributed by atoms with E-state index in [0.717, 1.165) is 50.9 Å². The molecule has 6 aromatic rings. The topological polar surface area (TPSA) is 40.5 Å². The van der Waals surface area contributed by atoms with Crippen LogP contribution in [-0.4, -0.2) is 10.2 Å². The molecular weight excluding hydrogens is 694 g/mol. The smallest absolute Gasteiger partial charge is 0.137 e. The molecule has 0 unspecified atom stereocenters. The predicted octanol–water partition coefficient (Wildman–Crippen LogP) is 10.2. The van der Waals surface area contributed by atoms with Gasteiger partial charge in [0.05, 0.1) is 7.14 Å². The summed E-state index contributed by atoms with van der Waals surface area (Å²) in [4.78, 5) is 0. The molecule has 0 bridgehead atoms. The zero-order chi connectivity index (χ0) is 26.6. The monoisotopic (exact) mass is 718 g/mol. The van der Waals surface area contributed by atoms with E-state index in [1.54, 1.807) is 0 Å². The third-order valence-corrected chi connectivity index (χ3v) is 8.80. The minimum absolute atomic E-state index is 0.183. The average Bonchev–Trinajstić information content (AvgIpc) is 2.91. The number of phenols is 2. The normalized spacial score (nSPS) is 11.4. The summed E-state index contributed by atoms with van der Waals surface area (Å²) in [5, 5.41) is 26.6. The summed E-state index contributed by atoms with van der Waals surface area (Å²) in [6.45, 7) is 4.17. The molecule has 0 saturated carbocycles. The lowest BCUT2D eigenvalue weighted by Crippen LogP contribution is -1.92. The molecule has 0 aromatic heterocycles. The summed E-state index contributed by atoms with van der Waals surface area (Å²) in [7, 11) is 0. The van der Waals surface area contributed by atoms with Crippen molar-refractivity contribution in [1.82, 2.24) is 0 Å². The largest absolute Gasteiger partial charge is 0.506 e. The van der Waals surface area contributed by atoms with E-state index in [9.17, 15) is 10.2 Å². The molecule has 0 fully saturated rings. The van der Waals surface area contributed by atoms with E-state index in [1.165, 1.54) is 11.1 Å². The van der Waals surface area contributed by atoms with E-state index in [-0.39, 0.29) is 11.5 Å². The lowest BCUT2D eigenvalue weighted by atomic mass is 9.90. The molecule has 0 heterocycles. The van der Waals surface area contributed by atoms with Crippen molar-refractivity contribution in [3.63, 3.8) is 0 Å². The Bertz CT molecular complexity index is 1720. The highest BCUT2D eigenvalue weighted by molar-refractivity contribution is 14.1. The minimum atomic E-state index is 0.183. The molecule has 0 amide bonds. The molecule has 0 aliphatic carbocycles. The number of benzene rings is 6. The van der Waals surface area contributed by atoms with Crippen LogP contribution < -0.4 is 0 Å². The second kappa shape index (κ2) is 9.89. The number of fused-ring (bicyclic) bond motifs is 2. The van der Waals surface area contributed by atoms with Crippen LogP contribution in [0.4, 0.5) is 0 Å². The van der Waals surface area contributed by atoms with Crippen molar-refractivity contribution in [2.24, 2.45) is 0 Å². The van der Waals surface area contributed by atoms with Crippen LogP contribution in [0.2, 0.25) is 0 Å². The SMILES string of the molecule is Cc1ccc(-c2ccc3c(-c4c(O)c(I)cc5cc(-c6ccc(C)cc6)ccc45)c(O)c(I)cc3c2)cc1. The zero-order valence-electron chi connectivity index (χ0n) is 20.9. The van der Waals surface area contributed by atoms with Crippen molar-refractivity contribution < 1.29 is 10.2 Å². The fraction of sp³-hybridized carbons (Fsp3) is 0.0588. The van der Waals surface area contributed by atoms with Gasteiger partial charge in [0.25, 0.3) is 0 Å². The predicted molar refractivity (Wildman–Crippen MR) is 176 cm³/mol. The molecule has 0 aliphatic heterocycles. The second-order valence-electron chi connectivity index (χ2n) is 9.77. The summed E-state index contributed by atoms with van der Waals surface area (Å²) in [5.74, 6) is 0.366. The van der Waals surface area contributed by atoms with Crippen molar-refractivity contribution in [3.05, 3.63) is 115 Å². The van der Waals surface area contributed by atoms with Gasteiger partial charge >= 0.3 is 0 Å². The van der Waals surface area contributed by atoms with Crippen molar-refractivity contribution in [2.75, 3.05) is 0 Å². The van der Waals surface area contributed by atoms with Crippen LogP contribution in [-0.2, 0) is 0 Å². The van der Waals surface area contributed by atoms with Crippen LogP contribution in [0.5, 0.6) is 11.5 Å². The summed E-state index contributed by atoms with van der Waals surface area (Å²) in [5.41, 5.74) is 8.29. The van der Waals surface area contributed by atoms with E-state index in [4.69, 9.17) is 0 Å². The first kappa shape index (κ1) is 25.2. The summed E-state index contributed by atoms with van der Waals surface area (Å²) in [6, 6.07) is 33.6. The number of hydrogen-bond acceptors (Lipinski definition) is 2. The number of halogens is 2. The van der Waals surface area contributed by atoms with Gasteiger partial charge in [0, 0.05) is 11.1 Å². The van der Waals surface area contributed by atoms with Gasteiger partial charge in [-0.25, -0.2) is 0 Å². The van der Waals surface area contributed by atoms with Crippen LogP contribution in [0, 0.1) is 21.0 Å². The Balaban J connectivity index is 1.60. The minimum Gasteiger partial charge on any atom is -0.506 e. The maximum Gasteiger partial charge on any atom is 0.137 e. The van der Waals surface area contributed by atoms with Crippen LogP contribution in [0.15, 0.2) is 97.1 Å².